The predicted octanol–water partition coefficient (Wildman–Crippen LogP) is 2.90. The molecule has 124 valence electrons. The number of aryl methyl sites for hydroxylation is 2. The topological polar surface area (TPSA) is 98.6 Å². The van der Waals surface area contributed by atoms with E-state index in [1.807, 2.05) is 19.9 Å². The fraction of sp³-hybridized carbons (Fsp3) is 0.250. The number of carbonyl (C=O) groups is 1. The minimum atomic E-state index is -0.485. The lowest BCUT2D eigenvalue weighted by atomic mass is 10.2. The maximum Gasteiger partial charge on any atom is 0.269 e. The Kier molecular flexibility index (Phi) is 6.01. The molecule has 0 spiro atoms. The number of nitrogens with zero attached hydrogens (tertiary/aromatic N) is 2. The molecule has 0 fully saturated rings. The highest BCUT2D eigenvalue weighted by Gasteiger charge is 2.12. The summed E-state index contributed by atoms with van der Waals surface area (Å²) >= 11 is 6.99. The van der Waals surface area contributed by atoms with E-state index >= 15 is 0 Å². The van der Waals surface area contributed by atoms with Crippen LogP contribution < -0.4 is 10.9 Å². The maximum atomic E-state index is 12.0. The van der Waals surface area contributed by atoms with E-state index in [4.69, 9.17) is 16.9 Å². The zero-order chi connectivity index (χ0) is 17.7. The molecule has 0 saturated heterocycles. The number of carbonyl (C=O) groups excluding carboxylic acids is 1. The molecule has 1 aromatic carbocycles. The first-order valence-corrected chi connectivity index (χ1v) is 8.53. The van der Waals surface area contributed by atoms with Gasteiger partial charge in [0.1, 0.15) is 11.6 Å². The number of nitrogens with one attached hydrogen (secondary N) is 2. The maximum absolute atomic E-state index is 12.0. The molecule has 0 atom stereocenters. The van der Waals surface area contributed by atoms with Crippen molar-refractivity contribution >= 4 is 35.0 Å². The van der Waals surface area contributed by atoms with Crippen LogP contribution in [0, 0.1) is 18.3 Å². The van der Waals surface area contributed by atoms with Gasteiger partial charge in [0.25, 0.3) is 5.56 Å². The number of aromatic nitrogens is 2. The largest absolute Gasteiger partial charge is 0.325 e. The van der Waals surface area contributed by atoms with E-state index in [0.29, 0.717) is 28.0 Å². The first-order chi connectivity index (χ1) is 11.4. The number of nitriles is 1. The van der Waals surface area contributed by atoms with Crippen molar-refractivity contribution in [3.8, 4) is 6.07 Å². The average molecular weight is 363 g/mol. The van der Waals surface area contributed by atoms with Crippen molar-refractivity contribution in [3.63, 3.8) is 0 Å². The standard InChI is InChI=1S/C16H15ClN4O2S/c1-3-12-11(7-18)15(23)21-16(20-12)24-8-14(22)19-13-5-4-10(17)6-9(13)2/h4-6H,3,8H2,1-2H3,(H,19,22)(H,20,21,23). The van der Waals surface area contributed by atoms with E-state index in [-0.39, 0.29) is 17.2 Å². The van der Waals surface area contributed by atoms with E-state index in [0.717, 1.165) is 17.3 Å². The van der Waals surface area contributed by atoms with Gasteiger partial charge in [0.05, 0.1) is 11.4 Å². The van der Waals surface area contributed by atoms with Gasteiger partial charge in [-0.15, -0.1) is 0 Å². The summed E-state index contributed by atoms with van der Waals surface area (Å²) < 4.78 is 0. The molecule has 2 N–H and O–H groups in total. The third-order valence-corrected chi connectivity index (χ3v) is 4.33. The van der Waals surface area contributed by atoms with E-state index < -0.39 is 5.56 Å². The summed E-state index contributed by atoms with van der Waals surface area (Å²) in [7, 11) is 0. The molecule has 1 heterocycles. The molecule has 0 bridgehead atoms. The zero-order valence-electron chi connectivity index (χ0n) is 13.1. The third kappa shape index (κ3) is 4.37. The number of H-pyrrole nitrogens is 1. The second-order valence-electron chi connectivity index (χ2n) is 4.95. The molecule has 1 aromatic heterocycles. The highest BCUT2D eigenvalue weighted by molar-refractivity contribution is 7.99. The van der Waals surface area contributed by atoms with Gasteiger partial charge in [-0.1, -0.05) is 30.3 Å². The molecule has 24 heavy (non-hydrogen) atoms. The molecule has 1 amide bonds. The smallest absolute Gasteiger partial charge is 0.269 e. The van der Waals surface area contributed by atoms with Gasteiger partial charge in [0, 0.05) is 10.7 Å². The molecule has 0 aliphatic carbocycles. The van der Waals surface area contributed by atoms with Gasteiger partial charge in [-0.05, 0) is 37.1 Å². The quantitative estimate of drug-likeness (QED) is 0.629. The van der Waals surface area contributed by atoms with E-state index in [1.54, 1.807) is 18.2 Å². The van der Waals surface area contributed by atoms with Crippen LogP contribution in [-0.4, -0.2) is 21.6 Å². The summed E-state index contributed by atoms with van der Waals surface area (Å²) in [6.07, 6.45) is 0.469. The molecular weight excluding hydrogens is 348 g/mol. The normalized spacial score (nSPS) is 10.2. The van der Waals surface area contributed by atoms with Crippen molar-refractivity contribution in [1.29, 1.82) is 5.26 Å². The average Bonchev–Trinajstić information content (AvgIpc) is 2.55. The Morgan fingerprint density at radius 1 is 1.50 bits per heavy atom. The van der Waals surface area contributed by atoms with Crippen LogP contribution in [0.1, 0.15) is 23.7 Å². The highest BCUT2D eigenvalue weighted by atomic mass is 35.5. The molecular formula is C16H15ClN4O2S. The Labute approximate surface area is 148 Å². The van der Waals surface area contributed by atoms with Gasteiger partial charge in [-0.25, -0.2) is 4.98 Å². The molecule has 0 saturated carbocycles. The van der Waals surface area contributed by atoms with Crippen LogP contribution in [0.4, 0.5) is 5.69 Å². The Morgan fingerprint density at radius 3 is 2.88 bits per heavy atom. The van der Waals surface area contributed by atoms with Crippen molar-refractivity contribution in [2.45, 2.75) is 25.4 Å². The lowest BCUT2D eigenvalue weighted by molar-refractivity contribution is -0.113. The molecule has 0 radical (unpaired) electrons. The lowest BCUT2D eigenvalue weighted by Gasteiger charge is -2.08. The van der Waals surface area contributed by atoms with E-state index in [2.05, 4.69) is 15.3 Å². The van der Waals surface area contributed by atoms with Gasteiger partial charge < -0.3 is 10.3 Å². The van der Waals surface area contributed by atoms with Crippen molar-refractivity contribution in [2.24, 2.45) is 0 Å². The fourth-order valence-corrected chi connectivity index (χ4v) is 2.93. The minimum absolute atomic E-state index is 0.0168. The van der Waals surface area contributed by atoms with Gasteiger partial charge in [-0.3, -0.25) is 9.59 Å². The highest BCUT2D eigenvalue weighted by Crippen LogP contribution is 2.20. The summed E-state index contributed by atoms with van der Waals surface area (Å²) in [6.45, 7) is 3.66. The van der Waals surface area contributed by atoms with Crippen LogP contribution in [0.15, 0.2) is 28.2 Å². The van der Waals surface area contributed by atoms with Gasteiger partial charge in [0.2, 0.25) is 5.91 Å². The number of benzene rings is 1. The second-order valence-corrected chi connectivity index (χ2v) is 6.35. The lowest BCUT2D eigenvalue weighted by Crippen LogP contribution is -2.18. The number of aromatic amines is 1. The predicted molar refractivity (Wildman–Crippen MR) is 94.5 cm³/mol. The van der Waals surface area contributed by atoms with Crippen LogP contribution in [0.5, 0.6) is 0 Å². The van der Waals surface area contributed by atoms with Crippen molar-refractivity contribution in [3.05, 3.63) is 50.4 Å². The van der Waals surface area contributed by atoms with Gasteiger partial charge in [-0.2, -0.15) is 5.26 Å². The molecule has 6 nitrogen and oxygen atoms in total. The van der Waals surface area contributed by atoms with Crippen molar-refractivity contribution < 1.29 is 4.79 Å². The molecule has 2 aromatic rings. The number of thioether (sulfide) groups is 1. The van der Waals surface area contributed by atoms with Crippen LogP contribution in [0.3, 0.4) is 0 Å². The molecule has 0 aliphatic rings. The number of anilines is 1. The Bertz CT molecular complexity index is 873. The summed E-state index contributed by atoms with van der Waals surface area (Å²) in [4.78, 5) is 30.6. The van der Waals surface area contributed by atoms with Crippen LogP contribution in [-0.2, 0) is 11.2 Å². The van der Waals surface area contributed by atoms with E-state index in [1.165, 1.54) is 0 Å². The second kappa shape index (κ2) is 7.99. The van der Waals surface area contributed by atoms with Crippen molar-refractivity contribution in [1.82, 2.24) is 9.97 Å². The first kappa shape index (κ1) is 18.0. The number of hydrogen-bond acceptors (Lipinski definition) is 5. The van der Waals surface area contributed by atoms with Crippen LogP contribution in [0.25, 0.3) is 0 Å². The van der Waals surface area contributed by atoms with Crippen LogP contribution >= 0.6 is 23.4 Å². The van der Waals surface area contributed by atoms with Crippen LogP contribution in [0.2, 0.25) is 5.02 Å². The number of hydrogen-bond donors (Lipinski definition) is 2. The Morgan fingerprint density at radius 2 is 2.25 bits per heavy atom. The number of halogens is 1. The zero-order valence-corrected chi connectivity index (χ0v) is 14.7. The first-order valence-electron chi connectivity index (χ1n) is 7.16. The number of amides is 1. The molecule has 8 heteroatoms. The van der Waals surface area contributed by atoms with Gasteiger partial charge >= 0.3 is 0 Å². The van der Waals surface area contributed by atoms with Gasteiger partial charge in [0.15, 0.2) is 5.16 Å². The Hall–Kier alpha value is -2.30. The SMILES string of the molecule is CCc1nc(SCC(=O)Nc2ccc(Cl)cc2C)[nH]c(=O)c1C#N. The summed E-state index contributed by atoms with van der Waals surface area (Å²) in [5.41, 5.74) is 1.50. The number of rotatable bonds is 5. The van der Waals surface area contributed by atoms with Crippen molar-refractivity contribution in [2.75, 3.05) is 11.1 Å². The fourth-order valence-electron chi connectivity index (χ4n) is 2.02. The summed E-state index contributed by atoms with van der Waals surface area (Å²) in [6, 6.07) is 7.04. The molecule has 0 unspecified atom stereocenters. The third-order valence-electron chi connectivity index (χ3n) is 3.22. The Balaban J connectivity index is 2.05. The van der Waals surface area contributed by atoms with E-state index in [9.17, 15) is 9.59 Å². The monoisotopic (exact) mass is 362 g/mol. The molecule has 2 rings (SSSR count). The summed E-state index contributed by atoms with van der Waals surface area (Å²) in [5.74, 6) is -0.143. The minimum Gasteiger partial charge on any atom is -0.325 e. The summed E-state index contributed by atoms with van der Waals surface area (Å²) in [5, 5.41) is 12.7. The molecule has 0 aliphatic heterocycles.